The van der Waals surface area contributed by atoms with Crippen LogP contribution < -0.4 is 10.6 Å². The highest BCUT2D eigenvalue weighted by Crippen LogP contribution is 2.08. The van der Waals surface area contributed by atoms with E-state index in [0.717, 1.165) is 0 Å². The van der Waals surface area contributed by atoms with Gasteiger partial charge in [-0.25, -0.2) is 9.59 Å². The van der Waals surface area contributed by atoms with Crippen molar-refractivity contribution in [3.8, 4) is 0 Å². The molecule has 22 heavy (non-hydrogen) atoms. The number of ether oxygens (including phenoxy) is 2. The molecular formula is C15H28N2O5. The third-order valence-corrected chi connectivity index (χ3v) is 2.16. The fraction of sp³-hybridized carbons (Fsp3) is 0.800. The highest BCUT2D eigenvalue weighted by Gasteiger charge is 2.23. The average molecular weight is 316 g/mol. The molecule has 0 saturated carbocycles. The molecule has 0 aliphatic carbocycles. The van der Waals surface area contributed by atoms with Crippen molar-refractivity contribution >= 4 is 18.0 Å². The third kappa shape index (κ3) is 10.9. The summed E-state index contributed by atoms with van der Waals surface area (Å²) in [6, 6.07) is -0.742. The Hall–Kier alpha value is -1.79. The van der Waals surface area contributed by atoms with Crippen LogP contribution in [0.4, 0.5) is 4.79 Å². The van der Waals surface area contributed by atoms with Crippen LogP contribution in [0, 0.1) is 0 Å². The van der Waals surface area contributed by atoms with Crippen molar-refractivity contribution in [1.82, 2.24) is 10.6 Å². The van der Waals surface area contributed by atoms with Crippen molar-refractivity contribution in [3.05, 3.63) is 0 Å². The molecule has 0 rings (SSSR count). The zero-order chi connectivity index (χ0) is 17.6. The minimum absolute atomic E-state index is 0.0480. The number of alkyl carbamates (subject to hydrolysis) is 1. The molecule has 0 aliphatic heterocycles. The monoisotopic (exact) mass is 316 g/mol. The summed E-state index contributed by atoms with van der Waals surface area (Å²) >= 11 is 0. The number of carbonyl (C=O) groups excluding carboxylic acids is 3. The first-order valence-corrected chi connectivity index (χ1v) is 7.29. The van der Waals surface area contributed by atoms with E-state index in [9.17, 15) is 14.4 Å². The van der Waals surface area contributed by atoms with E-state index in [1.54, 1.807) is 48.5 Å². The number of carbonyl (C=O) groups is 3. The molecule has 0 aromatic rings. The van der Waals surface area contributed by atoms with Crippen LogP contribution >= 0.6 is 0 Å². The molecule has 7 heteroatoms. The van der Waals surface area contributed by atoms with Gasteiger partial charge in [0.2, 0.25) is 5.91 Å². The smallest absolute Gasteiger partial charge is 0.407 e. The van der Waals surface area contributed by atoms with Crippen molar-refractivity contribution in [2.75, 3.05) is 6.54 Å². The molecule has 0 spiro atoms. The maximum atomic E-state index is 11.7. The lowest BCUT2D eigenvalue weighted by molar-refractivity contribution is -0.158. The first-order valence-electron chi connectivity index (χ1n) is 7.29. The summed E-state index contributed by atoms with van der Waals surface area (Å²) in [6.45, 7) is 12.2. The van der Waals surface area contributed by atoms with Gasteiger partial charge in [-0.1, -0.05) is 0 Å². The van der Waals surface area contributed by atoms with Gasteiger partial charge >= 0.3 is 12.1 Å². The van der Waals surface area contributed by atoms with Crippen LogP contribution in [0.15, 0.2) is 0 Å². The summed E-state index contributed by atoms with van der Waals surface area (Å²) < 4.78 is 10.2. The number of hydrogen-bond donors (Lipinski definition) is 2. The number of rotatable bonds is 5. The molecule has 1 atom stereocenters. The molecule has 0 saturated heterocycles. The third-order valence-electron chi connectivity index (χ3n) is 2.16. The Kier molecular flexibility index (Phi) is 7.35. The highest BCUT2D eigenvalue weighted by atomic mass is 16.6. The predicted octanol–water partition coefficient (Wildman–Crippen LogP) is 1.75. The van der Waals surface area contributed by atoms with Gasteiger partial charge in [-0.2, -0.15) is 0 Å². The maximum Gasteiger partial charge on any atom is 0.407 e. The lowest BCUT2D eigenvalue weighted by Gasteiger charge is -2.22. The lowest BCUT2D eigenvalue weighted by atomic mass is 10.2. The molecule has 7 nitrogen and oxygen atoms in total. The van der Waals surface area contributed by atoms with E-state index in [2.05, 4.69) is 10.6 Å². The summed E-state index contributed by atoms with van der Waals surface area (Å²) in [4.78, 5) is 34.8. The summed E-state index contributed by atoms with van der Waals surface area (Å²) in [5, 5.41) is 4.99. The van der Waals surface area contributed by atoms with Crippen molar-refractivity contribution in [2.45, 2.75) is 72.1 Å². The summed E-state index contributed by atoms with van der Waals surface area (Å²) in [6.07, 6.45) is -0.535. The van der Waals surface area contributed by atoms with E-state index in [1.165, 1.54) is 0 Å². The summed E-state index contributed by atoms with van der Waals surface area (Å²) in [5.74, 6) is -0.852. The molecule has 0 aromatic carbocycles. The van der Waals surface area contributed by atoms with Crippen molar-refractivity contribution in [3.63, 3.8) is 0 Å². The van der Waals surface area contributed by atoms with E-state index in [4.69, 9.17) is 9.47 Å². The zero-order valence-electron chi connectivity index (χ0n) is 14.5. The highest BCUT2D eigenvalue weighted by molar-refractivity contribution is 5.84. The number of nitrogens with one attached hydrogen (secondary N) is 2. The van der Waals surface area contributed by atoms with Crippen LogP contribution in [-0.2, 0) is 19.1 Å². The minimum Gasteiger partial charge on any atom is -0.458 e. The van der Waals surface area contributed by atoms with Crippen LogP contribution in [0.2, 0.25) is 0 Å². The first-order chi connectivity index (χ1) is 9.80. The van der Waals surface area contributed by atoms with Gasteiger partial charge in [0.15, 0.2) is 0 Å². The lowest BCUT2D eigenvalue weighted by Crippen LogP contribution is -2.43. The number of amides is 2. The van der Waals surface area contributed by atoms with Crippen molar-refractivity contribution in [1.29, 1.82) is 0 Å². The largest absolute Gasteiger partial charge is 0.458 e. The van der Waals surface area contributed by atoms with Gasteiger partial charge in [-0.15, -0.1) is 0 Å². The maximum absolute atomic E-state index is 11.7. The molecule has 1 unspecified atom stereocenters. The molecule has 0 bridgehead atoms. The average Bonchev–Trinajstić information content (AvgIpc) is 2.23. The molecule has 0 aliphatic rings. The predicted molar refractivity (Wildman–Crippen MR) is 82.3 cm³/mol. The molecular weight excluding hydrogens is 288 g/mol. The van der Waals surface area contributed by atoms with E-state index in [0.29, 0.717) is 0 Å². The van der Waals surface area contributed by atoms with Gasteiger partial charge in [0.05, 0.1) is 0 Å². The molecule has 2 amide bonds. The Morgan fingerprint density at radius 3 is 1.91 bits per heavy atom. The van der Waals surface area contributed by atoms with Gasteiger partial charge in [-0.3, -0.25) is 4.79 Å². The van der Waals surface area contributed by atoms with Crippen molar-refractivity contribution < 1.29 is 23.9 Å². The fourth-order valence-corrected chi connectivity index (χ4v) is 1.36. The first kappa shape index (κ1) is 20.2. The standard InChI is InChI=1S/C15H28N2O5/c1-10(12(19)21-14(2,3)4)17-11(18)8-9-16-13(20)22-15(5,6)7/h10H,8-9H2,1-7H3,(H,16,20)(H,17,18). The van der Waals surface area contributed by atoms with Crippen molar-refractivity contribution in [2.24, 2.45) is 0 Å². The Morgan fingerprint density at radius 1 is 0.955 bits per heavy atom. The minimum atomic E-state index is -0.742. The topological polar surface area (TPSA) is 93.7 Å². The molecule has 0 heterocycles. The second kappa shape index (κ2) is 8.00. The number of hydrogen-bond acceptors (Lipinski definition) is 5. The van der Waals surface area contributed by atoms with Gasteiger partial charge in [0.1, 0.15) is 17.2 Å². The molecule has 128 valence electrons. The molecule has 0 fully saturated rings. The van der Waals surface area contributed by atoms with Crippen LogP contribution in [0.25, 0.3) is 0 Å². The van der Waals surface area contributed by atoms with E-state index in [-0.39, 0.29) is 18.9 Å². The Bertz CT molecular complexity index is 407. The second-order valence-corrected chi connectivity index (χ2v) is 7.00. The Labute approximate surface area is 132 Å². The van der Waals surface area contributed by atoms with Gasteiger partial charge < -0.3 is 20.1 Å². The van der Waals surface area contributed by atoms with Gasteiger partial charge in [0, 0.05) is 13.0 Å². The second-order valence-electron chi connectivity index (χ2n) is 7.00. The molecule has 0 radical (unpaired) electrons. The summed E-state index contributed by atoms with van der Waals surface area (Å²) in [5.41, 5.74) is -1.19. The zero-order valence-corrected chi connectivity index (χ0v) is 14.5. The van der Waals surface area contributed by atoms with Gasteiger partial charge in [-0.05, 0) is 48.5 Å². The Balaban J connectivity index is 4.04. The van der Waals surface area contributed by atoms with E-state index < -0.39 is 29.3 Å². The fourth-order valence-electron chi connectivity index (χ4n) is 1.36. The number of esters is 1. The molecule has 2 N–H and O–H groups in total. The van der Waals surface area contributed by atoms with Crippen LogP contribution in [0.3, 0.4) is 0 Å². The normalized spacial score (nSPS) is 13.0. The van der Waals surface area contributed by atoms with Crippen LogP contribution in [0.5, 0.6) is 0 Å². The Morgan fingerprint density at radius 2 is 1.45 bits per heavy atom. The van der Waals surface area contributed by atoms with E-state index >= 15 is 0 Å². The quantitative estimate of drug-likeness (QED) is 0.754. The van der Waals surface area contributed by atoms with Crippen LogP contribution in [0.1, 0.15) is 54.9 Å². The van der Waals surface area contributed by atoms with E-state index in [1.807, 2.05) is 0 Å². The summed E-state index contributed by atoms with van der Waals surface area (Å²) in [7, 11) is 0. The van der Waals surface area contributed by atoms with Gasteiger partial charge in [0.25, 0.3) is 0 Å². The SMILES string of the molecule is CC(NC(=O)CCNC(=O)OC(C)(C)C)C(=O)OC(C)(C)C. The van der Waals surface area contributed by atoms with Crippen LogP contribution in [-0.4, -0.2) is 41.8 Å². The molecule has 0 aromatic heterocycles.